The molecule has 1 amide bonds. The van der Waals surface area contributed by atoms with Gasteiger partial charge in [-0.05, 0) is 101 Å². The molecule has 13 heteroatoms. The predicted molar refractivity (Wildman–Crippen MR) is 194 cm³/mol. The molecule has 1 aromatic heterocycles. The first-order chi connectivity index (χ1) is 23.5. The van der Waals surface area contributed by atoms with Gasteiger partial charge >= 0.3 is 6.09 Å². The van der Waals surface area contributed by atoms with Crippen LogP contribution in [0.5, 0.6) is 0 Å². The van der Waals surface area contributed by atoms with Crippen LogP contribution in [0, 0.1) is 11.3 Å². The predicted octanol–water partition coefficient (Wildman–Crippen LogP) is 5.17. The van der Waals surface area contributed by atoms with Gasteiger partial charge in [0.15, 0.2) is 5.82 Å². The van der Waals surface area contributed by atoms with Crippen LogP contribution in [0.3, 0.4) is 0 Å². The summed E-state index contributed by atoms with van der Waals surface area (Å²) in [5.41, 5.74) is 0.255. The zero-order valence-electron chi connectivity index (χ0n) is 30.1. The number of carbonyl (C=O) groups is 1. The number of sulfonamides is 1. The van der Waals surface area contributed by atoms with Gasteiger partial charge in [0.1, 0.15) is 11.4 Å². The molecule has 2 fully saturated rings. The van der Waals surface area contributed by atoms with Gasteiger partial charge in [0.25, 0.3) is 5.56 Å². The van der Waals surface area contributed by atoms with Crippen LogP contribution in [0.25, 0.3) is 5.69 Å². The fraction of sp³-hybridized carbons (Fsp3) is 0.541. The Morgan fingerprint density at radius 3 is 2.42 bits per heavy atom. The highest BCUT2D eigenvalue weighted by Gasteiger charge is 2.51. The van der Waals surface area contributed by atoms with Gasteiger partial charge in [0.2, 0.25) is 10.0 Å². The van der Waals surface area contributed by atoms with E-state index in [2.05, 4.69) is 18.4 Å². The lowest BCUT2D eigenvalue weighted by atomic mass is 9.78. The van der Waals surface area contributed by atoms with Gasteiger partial charge in [-0.15, -0.1) is 6.58 Å². The fourth-order valence-electron chi connectivity index (χ4n) is 6.78. The Morgan fingerprint density at radius 1 is 1.16 bits per heavy atom. The van der Waals surface area contributed by atoms with Crippen LogP contribution in [-0.2, 0) is 21.2 Å². The summed E-state index contributed by atoms with van der Waals surface area (Å²) in [5, 5.41) is 0. The van der Waals surface area contributed by atoms with E-state index in [1.165, 1.54) is 30.8 Å². The average Bonchev–Trinajstić information content (AvgIpc) is 3.88. The van der Waals surface area contributed by atoms with Crippen molar-refractivity contribution >= 4 is 21.9 Å². The van der Waals surface area contributed by atoms with Gasteiger partial charge in [-0.3, -0.25) is 14.3 Å². The highest BCUT2D eigenvalue weighted by Crippen LogP contribution is 2.52. The Hall–Kier alpha value is -3.81. The van der Waals surface area contributed by atoms with E-state index >= 15 is 0 Å². The number of carbonyl (C=O) groups excluding carboxylic acids is 1. The number of hydrogen-bond donors (Lipinski definition) is 0. The molecule has 2 heterocycles. The number of hydrogen-bond acceptors (Lipinski definition) is 8. The summed E-state index contributed by atoms with van der Waals surface area (Å²) in [5.74, 6) is 0.558. The Kier molecular flexibility index (Phi) is 11.1. The summed E-state index contributed by atoms with van der Waals surface area (Å²) in [6.45, 7) is 14.8. The standard InChI is InChI=1S/C37H51FN6O5S/c1-8-19-41(32-25-31(32)37(5)17-15-27(38)16-18-37)20-9-10-28-26-44(29-11-13-30(14-12-29)50(47,48)40(6)7)34(45)33(39-28)42-21-23-43(24-22-42)35(46)49-36(2,3)4/h8,11-17,26,31-32H,1,9-10,18-25H2,2-7H3/t31-,32-,37?/m1/s1. The second-order valence-electron chi connectivity index (χ2n) is 14.9. The molecule has 1 unspecified atom stereocenters. The molecule has 1 aliphatic heterocycles. The van der Waals surface area contributed by atoms with E-state index in [9.17, 15) is 22.4 Å². The highest BCUT2D eigenvalue weighted by molar-refractivity contribution is 7.89. The van der Waals surface area contributed by atoms with E-state index in [0.29, 0.717) is 62.5 Å². The van der Waals surface area contributed by atoms with Gasteiger partial charge in [0, 0.05) is 64.7 Å². The number of allylic oxidation sites excluding steroid dienone is 4. The van der Waals surface area contributed by atoms with E-state index in [4.69, 9.17) is 9.72 Å². The molecule has 11 nitrogen and oxygen atoms in total. The molecule has 0 bridgehead atoms. The van der Waals surface area contributed by atoms with Crippen molar-refractivity contribution in [1.82, 2.24) is 23.7 Å². The average molecular weight is 711 g/mol. The third-order valence-corrected chi connectivity index (χ3v) is 11.6. The maximum Gasteiger partial charge on any atom is 0.410 e. The second-order valence-corrected chi connectivity index (χ2v) is 17.0. The van der Waals surface area contributed by atoms with Crippen molar-refractivity contribution in [3.63, 3.8) is 0 Å². The number of piperazine rings is 1. The summed E-state index contributed by atoms with van der Waals surface area (Å²) < 4.78 is 47.3. The minimum atomic E-state index is -3.64. The van der Waals surface area contributed by atoms with E-state index in [1.54, 1.807) is 35.4 Å². The lowest BCUT2D eigenvalue weighted by molar-refractivity contribution is 0.0240. The normalized spacial score (nSPS) is 22.5. The molecule has 1 aromatic carbocycles. The Morgan fingerprint density at radius 2 is 1.84 bits per heavy atom. The molecule has 1 saturated carbocycles. The van der Waals surface area contributed by atoms with Crippen molar-refractivity contribution in [2.24, 2.45) is 11.3 Å². The molecule has 3 atom stereocenters. The van der Waals surface area contributed by atoms with Crippen LogP contribution in [0.1, 0.15) is 52.7 Å². The quantitative estimate of drug-likeness (QED) is 0.278. The molecule has 272 valence electrons. The van der Waals surface area contributed by atoms with Crippen molar-refractivity contribution in [3.05, 3.63) is 83.2 Å². The Labute approximate surface area is 295 Å². The number of anilines is 1. The minimum absolute atomic E-state index is 0.0689. The van der Waals surface area contributed by atoms with Crippen LogP contribution >= 0.6 is 0 Å². The number of rotatable bonds is 12. The van der Waals surface area contributed by atoms with E-state index in [0.717, 1.165) is 35.9 Å². The zero-order valence-corrected chi connectivity index (χ0v) is 31.0. The summed E-state index contributed by atoms with van der Waals surface area (Å²) >= 11 is 0. The molecule has 0 N–H and O–H groups in total. The molecule has 50 heavy (non-hydrogen) atoms. The highest BCUT2D eigenvalue weighted by atomic mass is 32.2. The van der Waals surface area contributed by atoms with Gasteiger partial charge in [-0.25, -0.2) is 26.9 Å². The summed E-state index contributed by atoms with van der Waals surface area (Å²) in [6, 6.07) is 6.65. The number of aromatic nitrogens is 2. The maximum atomic E-state index is 14.0. The molecule has 1 saturated heterocycles. The minimum Gasteiger partial charge on any atom is -0.444 e. The number of nitrogens with zero attached hydrogens (tertiary/aromatic N) is 6. The molecule has 0 spiro atoms. The van der Waals surface area contributed by atoms with Crippen LogP contribution in [0.4, 0.5) is 15.0 Å². The lowest BCUT2D eigenvalue weighted by Crippen LogP contribution is -2.51. The molecule has 0 radical (unpaired) electrons. The first kappa shape index (κ1) is 37.4. The number of benzene rings is 1. The summed E-state index contributed by atoms with van der Waals surface area (Å²) in [4.78, 5) is 37.7. The summed E-state index contributed by atoms with van der Waals surface area (Å²) in [7, 11) is -0.689. The topological polar surface area (TPSA) is 108 Å². The fourth-order valence-corrected chi connectivity index (χ4v) is 7.68. The van der Waals surface area contributed by atoms with E-state index in [1.807, 2.05) is 37.8 Å². The number of amides is 1. The molecule has 3 aliphatic rings. The van der Waals surface area contributed by atoms with Crippen molar-refractivity contribution < 1.29 is 22.3 Å². The van der Waals surface area contributed by atoms with Crippen molar-refractivity contribution in [3.8, 4) is 5.69 Å². The third kappa shape index (κ3) is 8.55. The van der Waals surface area contributed by atoms with E-state index < -0.39 is 15.6 Å². The smallest absolute Gasteiger partial charge is 0.410 e. The van der Waals surface area contributed by atoms with Crippen molar-refractivity contribution in [1.29, 1.82) is 0 Å². The van der Waals surface area contributed by atoms with Gasteiger partial charge in [-0.2, -0.15) is 0 Å². The largest absolute Gasteiger partial charge is 0.444 e. The molecule has 5 rings (SSSR count). The van der Waals surface area contributed by atoms with Crippen LogP contribution in [-0.4, -0.2) is 103 Å². The monoisotopic (exact) mass is 710 g/mol. The number of ether oxygens (including phenoxy) is 1. The second kappa shape index (κ2) is 14.8. The lowest BCUT2D eigenvalue weighted by Gasteiger charge is -2.36. The summed E-state index contributed by atoms with van der Waals surface area (Å²) in [6.07, 6.45) is 11.7. The first-order valence-electron chi connectivity index (χ1n) is 17.3. The number of aryl methyl sites for hydroxylation is 1. The molecular formula is C37H51FN6O5S. The van der Waals surface area contributed by atoms with Crippen LogP contribution < -0.4 is 10.5 Å². The van der Waals surface area contributed by atoms with Gasteiger partial charge in [0.05, 0.1) is 10.6 Å². The van der Waals surface area contributed by atoms with Crippen molar-refractivity contribution in [2.75, 3.05) is 58.3 Å². The third-order valence-electron chi connectivity index (χ3n) is 9.74. The molecule has 2 aliphatic carbocycles. The maximum absolute atomic E-state index is 14.0. The zero-order chi connectivity index (χ0) is 36.4. The van der Waals surface area contributed by atoms with E-state index in [-0.39, 0.29) is 27.8 Å². The van der Waals surface area contributed by atoms with Gasteiger partial charge in [-0.1, -0.05) is 19.1 Å². The molecular weight excluding hydrogens is 660 g/mol. The van der Waals surface area contributed by atoms with Gasteiger partial charge < -0.3 is 14.5 Å². The number of halogens is 1. The first-order valence-corrected chi connectivity index (χ1v) is 18.7. The Balaban J connectivity index is 1.36. The Bertz CT molecular complexity index is 1790. The SMILES string of the molecule is C=CCN(CCCc1cn(-c2ccc(S(=O)(=O)N(C)C)cc2)c(=O)c(N2CCN(C(=O)OC(C)(C)C)CC2)n1)[C@@H]1C[C@H]1C1(C)C=CC(F)=CC1. The van der Waals surface area contributed by atoms with Crippen molar-refractivity contribution in [2.45, 2.75) is 69.9 Å². The van der Waals surface area contributed by atoms with Crippen LogP contribution in [0.15, 0.2) is 76.9 Å². The molecule has 2 aromatic rings. The van der Waals surface area contributed by atoms with Crippen LogP contribution in [0.2, 0.25) is 0 Å².